The molecule has 1 fully saturated rings. The molecule has 1 aromatic rings. The number of hydrogen-bond acceptors (Lipinski definition) is 1. The van der Waals surface area contributed by atoms with Crippen LogP contribution >= 0.6 is 0 Å². The van der Waals surface area contributed by atoms with Crippen LogP contribution < -0.4 is 5.32 Å². The fourth-order valence-electron chi connectivity index (χ4n) is 3.69. The predicted octanol–water partition coefficient (Wildman–Crippen LogP) is 4.61. The van der Waals surface area contributed by atoms with Crippen LogP contribution in [0.3, 0.4) is 0 Å². The molecule has 0 amide bonds. The lowest BCUT2D eigenvalue weighted by Crippen LogP contribution is -2.33. The maximum Gasteiger partial charge on any atom is 0.130 e. The molecule has 1 saturated carbocycles. The Morgan fingerprint density at radius 3 is 2.74 bits per heavy atom. The van der Waals surface area contributed by atoms with E-state index in [-0.39, 0.29) is 11.9 Å². The normalized spacial score (nSPS) is 25.3. The van der Waals surface area contributed by atoms with Crippen molar-refractivity contribution in [2.24, 2.45) is 11.8 Å². The predicted molar refractivity (Wildman–Crippen MR) is 78.7 cm³/mol. The number of aryl methyl sites for hydroxylation is 1. The number of benzene rings is 1. The first-order valence-electron chi connectivity index (χ1n) is 7.61. The Labute approximate surface area is 116 Å². The van der Waals surface area contributed by atoms with Gasteiger partial charge in [-0.2, -0.15) is 0 Å². The summed E-state index contributed by atoms with van der Waals surface area (Å²) in [5, 5.41) is 3.38. The second-order valence-corrected chi connectivity index (χ2v) is 5.86. The van der Waals surface area contributed by atoms with E-state index < -0.39 is 0 Å². The Hall–Kier alpha value is -0.890. The van der Waals surface area contributed by atoms with E-state index in [9.17, 15) is 4.39 Å². The zero-order valence-corrected chi connectivity index (χ0v) is 12.4. The molecule has 0 aromatic heterocycles. The van der Waals surface area contributed by atoms with Gasteiger partial charge in [0.05, 0.1) is 0 Å². The highest BCUT2D eigenvalue weighted by molar-refractivity contribution is 5.28. The Kier molecular flexibility index (Phi) is 4.98. The van der Waals surface area contributed by atoms with Gasteiger partial charge in [0.2, 0.25) is 0 Å². The van der Waals surface area contributed by atoms with E-state index in [2.05, 4.69) is 12.2 Å². The van der Waals surface area contributed by atoms with E-state index in [1.54, 1.807) is 0 Å². The van der Waals surface area contributed by atoms with Crippen molar-refractivity contribution in [1.29, 1.82) is 0 Å². The average Bonchev–Trinajstić information content (AvgIpc) is 2.45. The van der Waals surface area contributed by atoms with Crippen LogP contribution in [0.4, 0.5) is 4.39 Å². The zero-order valence-electron chi connectivity index (χ0n) is 12.4. The van der Waals surface area contributed by atoms with Crippen LogP contribution in [-0.4, -0.2) is 7.05 Å². The van der Waals surface area contributed by atoms with Crippen molar-refractivity contribution >= 4 is 0 Å². The summed E-state index contributed by atoms with van der Waals surface area (Å²) in [7, 11) is 1.97. The van der Waals surface area contributed by atoms with Gasteiger partial charge in [0, 0.05) is 11.6 Å². The molecule has 0 radical (unpaired) electrons. The molecule has 19 heavy (non-hydrogen) atoms. The Bertz CT molecular complexity index is 416. The average molecular weight is 263 g/mol. The standard InChI is InChI=1S/C17H26FN/c1-4-13-9-5-6-10-14(13)17(19-3)15-11-7-8-12(2)16(15)18/h7-8,11,13-14,17,19H,4-6,9-10H2,1-3H3. The van der Waals surface area contributed by atoms with Crippen molar-refractivity contribution in [2.45, 2.75) is 52.0 Å². The van der Waals surface area contributed by atoms with E-state index in [0.717, 1.165) is 17.0 Å². The lowest BCUT2D eigenvalue weighted by atomic mass is 9.72. The van der Waals surface area contributed by atoms with Gasteiger partial charge in [0.1, 0.15) is 5.82 Å². The quantitative estimate of drug-likeness (QED) is 0.836. The summed E-state index contributed by atoms with van der Waals surface area (Å²) in [5.74, 6) is 1.27. The van der Waals surface area contributed by atoms with Crippen LogP contribution in [0.25, 0.3) is 0 Å². The van der Waals surface area contributed by atoms with Crippen LogP contribution in [0.5, 0.6) is 0 Å². The summed E-state index contributed by atoms with van der Waals surface area (Å²) in [6, 6.07) is 5.93. The van der Waals surface area contributed by atoms with E-state index in [1.807, 2.05) is 32.2 Å². The van der Waals surface area contributed by atoms with Gasteiger partial charge in [-0.15, -0.1) is 0 Å². The molecule has 2 rings (SSSR count). The maximum atomic E-state index is 14.4. The molecule has 1 aromatic carbocycles. The third-order valence-electron chi connectivity index (χ3n) is 4.79. The lowest BCUT2D eigenvalue weighted by Gasteiger charge is -2.37. The number of hydrogen-bond donors (Lipinski definition) is 1. The smallest absolute Gasteiger partial charge is 0.130 e. The molecule has 0 spiro atoms. The Morgan fingerprint density at radius 1 is 1.32 bits per heavy atom. The fraction of sp³-hybridized carbons (Fsp3) is 0.647. The summed E-state index contributed by atoms with van der Waals surface area (Å²) in [4.78, 5) is 0. The molecular weight excluding hydrogens is 237 g/mol. The van der Waals surface area contributed by atoms with E-state index >= 15 is 0 Å². The summed E-state index contributed by atoms with van der Waals surface area (Å²) in [5.41, 5.74) is 1.61. The second-order valence-electron chi connectivity index (χ2n) is 5.86. The van der Waals surface area contributed by atoms with Crippen molar-refractivity contribution < 1.29 is 4.39 Å². The monoisotopic (exact) mass is 263 g/mol. The molecule has 2 heteroatoms. The highest BCUT2D eigenvalue weighted by atomic mass is 19.1. The molecule has 106 valence electrons. The molecule has 1 aliphatic rings. The molecule has 3 unspecified atom stereocenters. The van der Waals surface area contributed by atoms with Crippen molar-refractivity contribution in [1.82, 2.24) is 5.32 Å². The zero-order chi connectivity index (χ0) is 13.8. The maximum absolute atomic E-state index is 14.4. The van der Waals surface area contributed by atoms with Gasteiger partial charge < -0.3 is 5.32 Å². The fourth-order valence-corrected chi connectivity index (χ4v) is 3.69. The van der Waals surface area contributed by atoms with Gasteiger partial charge in [-0.05, 0) is 37.8 Å². The second kappa shape index (κ2) is 6.51. The van der Waals surface area contributed by atoms with Crippen molar-refractivity contribution in [2.75, 3.05) is 7.05 Å². The van der Waals surface area contributed by atoms with Crippen LogP contribution in [0.2, 0.25) is 0 Å². The van der Waals surface area contributed by atoms with Gasteiger partial charge in [-0.1, -0.05) is 50.8 Å². The Morgan fingerprint density at radius 2 is 2.05 bits per heavy atom. The van der Waals surface area contributed by atoms with Crippen molar-refractivity contribution in [3.8, 4) is 0 Å². The van der Waals surface area contributed by atoms with Crippen LogP contribution in [0.1, 0.15) is 56.2 Å². The number of rotatable bonds is 4. The van der Waals surface area contributed by atoms with Crippen molar-refractivity contribution in [3.05, 3.63) is 35.1 Å². The lowest BCUT2D eigenvalue weighted by molar-refractivity contribution is 0.178. The van der Waals surface area contributed by atoms with E-state index in [1.165, 1.54) is 32.1 Å². The third-order valence-corrected chi connectivity index (χ3v) is 4.79. The molecule has 0 saturated heterocycles. The van der Waals surface area contributed by atoms with E-state index in [0.29, 0.717) is 5.92 Å². The topological polar surface area (TPSA) is 12.0 Å². The van der Waals surface area contributed by atoms with Gasteiger partial charge in [-0.25, -0.2) is 4.39 Å². The van der Waals surface area contributed by atoms with Gasteiger partial charge in [0.15, 0.2) is 0 Å². The van der Waals surface area contributed by atoms with Crippen LogP contribution in [0.15, 0.2) is 18.2 Å². The molecule has 1 N–H and O–H groups in total. The minimum absolute atomic E-state index is 0.0257. The molecule has 0 bridgehead atoms. The van der Waals surface area contributed by atoms with Gasteiger partial charge in [0.25, 0.3) is 0 Å². The van der Waals surface area contributed by atoms with Crippen LogP contribution in [0, 0.1) is 24.6 Å². The van der Waals surface area contributed by atoms with E-state index in [4.69, 9.17) is 0 Å². The molecule has 0 heterocycles. The number of nitrogens with one attached hydrogen (secondary N) is 1. The summed E-state index contributed by atoms with van der Waals surface area (Å²) in [6.07, 6.45) is 6.34. The minimum atomic E-state index is -0.0257. The highest BCUT2D eigenvalue weighted by Gasteiger charge is 2.32. The largest absolute Gasteiger partial charge is 0.313 e. The Balaban J connectivity index is 2.30. The first kappa shape index (κ1) is 14.5. The molecular formula is C17H26FN. The highest BCUT2D eigenvalue weighted by Crippen LogP contribution is 2.40. The summed E-state index contributed by atoms with van der Waals surface area (Å²) >= 11 is 0. The molecule has 1 nitrogen and oxygen atoms in total. The van der Waals surface area contributed by atoms with Crippen LogP contribution in [-0.2, 0) is 0 Å². The van der Waals surface area contributed by atoms with Crippen molar-refractivity contribution in [3.63, 3.8) is 0 Å². The minimum Gasteiger partial charge on any atom is -0.313 e. The first-order chi connectivity index (χ1) is 9.19. The molecule has 1 aliphatic carbocycles. The summed E-state index contributed by atoms with van der Waals surface area (Å²) < 4.78 is 14.4. The van der Waals surface area contributed by atoms with Gasteiger partial charge >= 0.3 is 0 Å². The number of halogens is 1. The summed E-state index contributed by atoms with van der Waals surface area (Å²) in [6.45, 7) is 4.12. The molecule has 3 atom stereocenters. The van der Waals surface area contributed by atoms with Gasteiger partial charge in [-0.3, -0.25) is 0 Å². The first-order valence-corrected chi connectivity index (χ1v) is 7.61. The third kappa shape index (κ3) is 3.00. The molecule has 0 aliphatic heterocycles. The SMILES string of the molecule is CCC1CCCCC1C(NC)c1cccc(C)c1F.